The Balaban J connectivity index is 2.17. The molecule has 1 aromatic carbocycles. The van der Waals surface area contributed by atoms with Gasteiger partial charge in [0.05, 0.1) is 17.4 Å². The van der Waals surface area contributed by atoms with Gasteiger partial charge in [-0.1, -0.05) is 36.5 Å². The van der Waals surface area contributed by atoms with E-state index in [4.69, 9.17) is 5.26 Å². The van der Waals surface area contributed by atoms with Crippen molar-refractivity contribution in [1.29, 1.82) is 5.26 Å². The summed E-state index contributed by atoms with van der Waals surface area (Å²) < 4.78 is 26.5. The van der Waals surface area contributed by atoms with Crippen LogP contribution >= 0.6 is 11.3 Å². The molecule has 6 nitrogen and oxygen atoms in total. The van der Waals surface area contributed by atoms with Crippen molar-refractivity contribution in [3.63, 3.8) is 0 Å². The van der Waals surface area contributed by atoms with Gasteiger partial charge in [0.15, 0.2) is 0 Å². The Bertz CT molecular complexity index is 747. The lowest BCUT2D eigenvalue weighted by molar-refractivity contribution is 0.600. The predicted molar refractivity (Wildman–Crippen MR) is 76.7 cm³/mol. The highest BCUT2D eigenvalue weighted by Crippen LogP contribution is 2.19. The normalized spacial score (nSPS) is 11.0. The van der Waals surface area contributed by atoms with E-state index in [2.05, 4.69) is 14.9 Å². The highest BCUT2D eigenvalue weighted by atomic mass is 32.2. The number of hydrogen-bond donors (Lipinski definition) is 1. The Morgan fingerprint density at radius 3 is 2.75 bits per heavy atom. The second-order valence-electron chi connectivity index (χ2n) is 3.98. The van der Waals surface area contributed by atoms with E-state index in [9.17, 15) is 8.42 Å². The molecule has 20 heavy (non-hydrogen) atoms. The molecular weight excluding hydrogens is 296 g/mol. The molecule has 0 spiro atoms. The number of benzene rings is 1. The lowest BCUT2D eigenvalue weighted by atomic mass is 10.1. The molecule has 0 saturated heterocycles. The number of sulfonamides is 1. The molecular formula is C12H12N4O2S2. The lowest BCUT2D eigenvalue weighted by Gasteiger charge is -2.06. The molecule has 0 aliphatic carbocycles. The van der Waals surface area contributed by atoms with Crippen LogP contribution in [-0.4, -0.2) is 18.6 Å². The minimum Gasteiger partial charge on any atom is -0.257 e. The molecule has 0 saturated carbocycles. The summed E-state index contributed by atoms with van der Waals surface area (Å²) in [5.41, 5.74) is 0.812. The van der Waals surface area contributed by atoms with Crippen molar-refractivity contribution in [2.75, 3.05) is 4.72 Å². The van der Waals surface area contributed by atoms with Crippen molar-refractivity contribution in [2.45, 2.75) is 19.1 Å². The van der Waals surface area contributed by atoms with Gasteiger partial charge < -0.3 is 0 Å². The van der Waals surface area contributed by atoms with Crippen LogP contribution in [0, 0.1) is 11.3 Å². The summed E-state index contributed by atoms with van der Waals surface area (Å²) in [6.45, 7) is 1.92. The fourth-order valence-electron chi connectivity index (χ4n) is 1.57. The smallest absolute Gasteiger partial charge is 0.238 e. The molecule has 2 rings (SSSR count). The van der Waals surface area contributed by atoms with Crippen molar-refractivity contribution >= 4 is 26.5 Å². The van der Waals surface area contributed by atoms with Gasteiger partial charge in [0, 0.05) is 0 Å². The van der Waals surface area contributed by atoms with E-state index in [0.717, 1.165) is 5.01 Å². The van der Waals surface area contributed by atoms with Crippen LogP contribution in [0.1, 0.15) is 23.1 Å². The molecule has 0 bridgehead atoms. The Hall–Kier alpha value is -1.98. The first-order valence-corrected chi connectivity index (χ1v) is 8.32. The summed E-state index contributed by atoms with van der Waals surface area (Å²) in [5.74, 6) is -0.266. The first-order valence-electron chi connectivity index (χ1n) is 5.85. The van der Waals surface area contributed by atoms with Crippen LogP contribution in [0.5, 0.6) is 0 Å². The minimum atomic E-state index is -3.61. The monoisotopic (exact) mass is 308 g/mol. The van der Waals surface area contributed by atoms with Gasteiger partial charge in [-0.05, 0) is 18.1 Å². The first-order chi connectivity index (χ1) is 9.54. The summed E-state index contributed by atoms with van der Waals surface area (Å²) >= 11 is 1.20. The highest BCUT2D eigenvalue weighted by Gasteiger charge is 2.16. The Labute approximate surface area is 121 Å². The Kier molecular flexibility index (Phi) is 4.32. The molecule has 0 amide bonds. The minimum absolute atomic E-state index is 0.247. The average Bonchev–Trinajstić information content (AvgIpc) is 2.85. The first kappa shape index (κ1) is 14.4. The average molecular weight is 308 g/mol. The van der Waals surface area contributed by atoms with E-state index >= 15 is 0 Å². The number of nitrogens with zero attached hydrogens (tertiary/aromatic N) is 3. The van der Waals surface area contributed by atoms with E-state index in [1.807, 2.05) is 13.0 Å². The summed E-state index contributed by atoms with van der Waals surface area (Å²) in [6.07, 6.45) is 0.705. The van der Waals surface area contributed by atoms with E-state index in [1.165, 1.54) is 11.3 Å². The number of rotatable bonds is 5. The third-order valence-electron chi connectivity index (χ3n) is 2.50. The van der Waals surface area contributed by atoms with Crippen LogP contribution < -0.4 is 4.72 Å². The third-order valence-corrected chi connectivity index (χ3v) is 4.80. The fraction of sp³-hybridized carbons (Fsp3) is 0.250. The molecule has 0 aliphatic heterocycles. The summed E-state index contributed by atoms with van der Waals surface area (Å²) in [6, 6.07) is 8.58. The van der Waals surface area contributed by atoms with E-state index in [-0.39, 0.29) is 10.9 Å². The predicted octanol–water partition coefficient (Wildman–Crippen LogP) is 1.91. The molecule has 0 aliphatic rings. The van der Waals surface area contributed by atoms with Crippen LogP contribution in [-0.2, 0) is 22.2 Å². The number of nitriles is 1. The second kappa shape index (κ2) is 5.98. The quantitative estimate of drug-likeness (QED) is 0.910. The van der Waals surface area contributed by atoms with Gasteiger partial charge in [-0.25, -0.2) is 8.42 Å². The molecule has 0 unspecified atom stereocenters. The van der Waals surface area contributed by atoms with Crippen molar-refractivity contribution in [2.24, 2.45) is 0 Å². The highest BCUT2D eigenvalue weighted by molar-refractivity contribution is 7.92. The maximum atomic E-state index is 12.1. The number of anilines is 1. The third kappa shape index (κ3) is 3.53. The molecule has 104 valence electrons. The van der Waals surface area contributed by atoms with Crippen LogP contribution in [0.2, 0.25) is 0 Å². The molecule has 0 atom stereocenters. The molecule has 0 fully saturated rings. The van der Waals surface area contributed by atoms with Gasteiger partial charge in [-0.2, -0.15) is 5.26 Å². The largest absolute Gasteiger partial charge is 0.257 e. The molecule has 8 heteroatoms. The van der Waals surface area contributed by atoms with Crippen LogP contribution in [0.3, 0.4) is 0 Å². The van der Waals surface area contributed by atoms with Gasteiger partial charge in [-0.3, -0.25) is 4.72 Å². The van der Waals surface area contributed by atoms with E-state index in [0.29, 0.717) is 17.5 Å². The molecule has 2 aromatic rings. The van der Waals surface area contributed by atoms with Crippen molar-refractivity contribution < 1.29 is 8.42 Å². The van der Waals surface area contributed by atoms with Crippen LogP contribution in [0.25, 0.3) is 0 Å². The second-order valence-corrected chi connectivity index (χ2v) is 6.77. The molecule has 1 aromatic heterocycles. The number of hydrogen-bond acceptors (Lipinski definition) is 6. The maximum Gasteiger partial charge on any atom is 0.238 e. The molecule has 0 radical (unpaired) electrons. The van der Waals surface area contributed by atoms with Crippen molar-refractivity contribution in [3.05, 3.63) is 40.4 Å². The zero-order valence-electron chi connectivity index (χ0n) is 10.7. The lowest BCUT2D eigenvalue weighted by Crippen LogP contribution is -2.15. The number of nitrogens with one attached hydrogen (secondary N) is 1. The van der Waals surface area contributed by atoms with Gasteiger partial charge >= 0.3 is 0 Å². The van der Waals surface area contributed by atoms with Crippen LogP contribution in [0.4, 0.5) is 5.13 Å². The zero-order chi connectivity index (χ0) is 14.6. The fourth-order valence-corrected chi connectivity index (χ4v) is 3.69. The summed E-state index contributed by atoms with van der Waals surface area (Å²) in [5, 5.41) is 17.6. The van der Waals surface area contributed by atoms with E-state index in [1.54, 1.807) is 24.3 Å². The Morgan fingerprint density at radius 1 is 1.35 bits per heavy atom. The maximum absolute atomic E-state index is 12.1. The van der Waals surface area contributed by atoms with E-state index < -0.39 is 10.0 Å². The summed E-state index contributed by atoms with van der Waals surface area (Å²) in [7, 11) is -3.61. The van der Waals surface area contributed by atoms with Gasteiger partial charge in [-0.15, -0.1) is 10.2 Å². The van der Waals surface area contributed by atoms with Gasteiger partial charge in [0.2, 0.25) is 15.2 Å². The standard InChI is InChI=1S/C12H12N4O2S2/c1-2-11-14-15-12(19-11)16-20(17,18)8-10-6-4-3-5-9(10)7-13/h3-6H,2,8H2,1H3,(H,15,16). The zero-order valence-corrected chi connectivity index (χ0v) is 12.3. The number of aromatic nitrogens is 2. The van der Waals surface area contributed by atoms with Gasteiger partial charge in [0.25, 0.3) is 0 Å². The summed E-state index contributed by atoms with van der Waals surface area (Å²) in [4.78, 5) is 0. The SMILES string of the molecule is CCc1nnc(NS(=O)(=O)Cc2ccccc2C#N)s1. The van der Waals surface area contributed by atoms with Gasteiger partial charge in [0.1, 0.15) is 5.01 Å². The topological polar surface area (TPSA) is 95.7 Å². The van der Waals surface area contributed by atoms with Crippen molar-refractivity contribution in [3.8, 4) is 6.07 Å². The Morgan fingerprint density at radius 2 is 2.10 bits per heavy atom. The molecule has 1 heterocycles. The molecule has 1 N–H and O–H groups in total. The van der Waals surface area contributed by atoms with Crippen LogP contribution in [0.15, 0.2) is 24.3 Å². The number of aryl methyl sites for hydroxylation is 1. The van der Waals surface area contributed by atoms with Crippen molar-refractivity contribution in [1.82, 2.24) is 10.2 Å².